The first-order valence-corrected chi connectivity index (χ1v) is 4.67. The van der Waals surface area contributed by atoms with Crippen molar-refractivity contribution in [1.29, 1.82) is 0 Å². The van der Waals surface area contributed by atoms with Crippen molar-refractivity contribution in [3.05, 3.63) is 58.7 Å². The van der Waals surface area contributed by atoms with E-state index in [0.29, 0.717) is 5.56 Å². The van der Waals surface area contributed by atoms with Crippen LogP contribution >= 0.6 is 0 Å². The number of aromatic nitrogens is 2. The van der Waals surface area contributed by atoms with Gasteiger partial charge in [-0.15, -0.1) is 0 Å². The fourth-order valence-electron chi connectivity index (χ4n) is 1.38. The second kappa shape index (κ2) is 4.44. The zero-order valence-corrected chi connectivity index (χ0v) is 8.59. The predicted molar refractivity (Wildman–Crippen MR) is 59.0 cm³/mol. The Bertz CT molecular complexity index is 545. The highest BCUT2D eigenvalue weighted by molar-refractivity contribution is 6.00. The first-order chi connectivity index (χ1) is 8.22. The molecule has 0 aliphatic rings. The Labute approximate surface area is 95.8 Å². The third kappa shape index (κ3) is 2.12. The number of nitro groups is 1. The van der Waals surface area contributed by atoms with Gasteiger partial charge in [0.1, 0.15) is 6.33 Å². The zero-order valence-electron chi connectivity index (χ0n) is 8.59. The van der Waals surface area contributed by atoms with E-state index in [4.69, 9.17) is 5.21 Å². The lowest BCUT2D eigenvalue weighted by atomic mass is 10.2. The van der Waals surface area contributed by atoms with Crippen molar-refractivity contribution in [2.24, 2.45) is 5.16 Å². The van der Waals surface area contributed by atoms with E-state index in [1.54, 1.807) is 6.20 Å². The fraction of sp³-hybridized carbons (Fsp3) is 0. The van der Waals surface area contributed by atoms with Crippen LogP contribution in [0.25, 0.3) is 0 Å². The Morgan fingerprint density at radius 1 is 1.41 bits per heavy atom. The Morgan fingerprint density at radius 2 is 2.12 bits per heavy atom. The summed E-state index contributed by atoms with van der Waals surface area (Å²) in [4.78, 5) is 13.8. The summed E-state index contributed by atoms with van der Waals surface area (Å²) in [7, 11) is 0. The van der Waals surface area contributed by atoms with Crippen LogP contribution in [-0.2, 0) is 0 Å². The lowest BCUT2D eigenvalue weighted by molar-refractivity contribution is -0.384. The molecule has 0 fully saturated rings. The lowest BCUT2D eigenvalue weighted by Gasteiger charge is -2.04. The summed E-state index contributed by atoms with van der Waals surface area (Å²) >= 11 is 0. The van der Waals surface area contributed by atoms with Crippen LogP contribution in [0.3, 0.4) is 0 Å². The minimum absolute atomic E-state index is 0.0170. The first-order valence-electron chi connectivity index (χ1n) is 4.67. The van der Waals surface area contributed by atoms with Crippen LogP contribution in [0.15, 0.2) is 48.1 Å². The van der Waals surface area contributed by atoms with Gasteiger partial charge in [0.2, 0.25) is 0 Å². The molecule has 86 valence electrons. The van der Waals surface area contributed by atoms with Gasteiger partial charge in [0.15, 0.2) is 5.84 Å². The molecule has 0 radical (unpaired) electrons. The molecule has 1 aromatic heterocycles. The fourth-order valence-corrected chi connectivity index (χ4v) is 1.38. The molecule has 0 spiro atoms. The summed E-state index contributed by atoms with van der Waals surface area (Å²) in [5, 5.41) is 22.6. The van der Waals surface area contributed by atoms with E-state index in [1.807, 2.05) is 0 Å². The molecule has 0 atom stereocenters. The molecular weight excluding hydrogens is 224 g/mol. The molecule has 1 aromatic carbocycles. The smallest absolute Gasteiger partial charge is 0.269 e. The van der Waals surface area contributed by atoms with Crippen LogP contribution in [0.1, 0.15) is 5.56 Å². The van der Waals surface area contributed by atoms with Gasteiger partial charge in [-0.1, -0.05) is 5.16 Å². The predicted octanol–water partition coefficient (Wildman–Crippen LogP) is 1.48. The molecule has 7 heteroatoms. The summed E-state index contributed by atoms with van der Waals surface area (Å²) in [5.74, 6) is 0.248. The van der Waals surface area contributed by atoms with E-state index in [0.717, 1.165) is 0 Å². The molecule has 2 aromatic rings. The second-order valence-corrected chi connectivity index (χ2v) is 3.20. The highest BCUT2D eigenvalue weighted by atomic mass is 16.6. The van der Waals surface area contributed by atoms with E-state index in [9.17, 15) is 10.1 Å². The van der Waals surface area contributed by atoms with E-state index < -0.39 is 4.92 Å². The number of benzene rings is 1. The molecule has 1 N–H and O–H groups in total. The third-order valence-electron chi connectivity index (χ3n) is 2.18. The van der Waals surface area contributed by atoms with Crippen LogP contribution in [0, 0.1) is 10.1 Å². The highest BCUT2D eigenvalue weighted by Crippen LogP contribution is 2.13. The Balaban J connectivity index is 2.37. The van der Waals surface area contributed by atoms with Crippen molar-refractivity contribution >= 4 is 11.5 Å². The molecule has 2 rings (SSSR count). The Kier molecular flexibility index (Phi) is 2.82. The number of non-ortho nitro benzene ring substituents is 1. The van der Waals surface area contributed by atoms with Gasteiger partial charge in [0.25, 0.3) is 5.69 Å². The van der Waals surface area contributed by atoms with Crippen molar-refractivity contribution in [1.82, 2.24) is 9.55 Å². The van der Waals surface area contributed by atoms with Crippen LogP contribution in [0.2, 0.25) is 0 Å². The van der Waals surface area contributed by atoms with E-state index in [2.05, 4.69) is 10.1 Å². The molecule has 0 aliphatic heterocycles. The zero-order chi connectivity index (χ0) is 12.3. The Hall–Kier alpha value is -2.70. The van der Waals surface area contributed by atoms with E-state index in [-0.39, 0.29) is 11.5 Å². The van der Waals surface area contributed by atoms with Gasteiger partial charge in [0.05, 0.1) is 4.92 Å². The summed E-state index contributed by atoms with van der Waals surface area (Å²) in [6, 6.07) is 5.70. The molecule has 0 saturated heterocycles. The van der Waals surface area contributed by atoms with Crippen LogP contribution in [0.5, 0.6) is 0 Å². The molecule has 1 heterocycles. The first kappa shape index (κ1) is 10.8. The molecule has 0 bridgehead atoms. The molecular formula is C10H8N4O3. The minimum atomic E-state index is -0.489. The summed E-state index contributed by atoms with van der Waals surface area (Å²) < 4.78 is 1.50. The van der Waals surface area contributed by atoms with Gasteiger partial charge in [-0.3, -0.25) is 14.7 Å². The van der Waals surface area contributed by atoms with Crippen molar-refractivity contribution in [3.63, 3.8) is 0 Å². The van der Waals surface area contributed by atoms with Gasteiger partial charge in [0, 0.05) is 30.1 Å². The molecule has 0 aliphatic carbocycles. The maximum Gasteiger partial charge on any atom is 0.269 e. The average Bonchev–Trinajstić information content (AvgIpc) is 2.84. The number of nitro benzene ring substituents is 1. The minimum Gasteiger partial charge on any atom is -0.409 e. The number of nitrogens with zero attached hydrogens (tertiary/aromatic N) is 4. The number of hydrogen-bond donors (Lipinski definition) is 1. The van der Waals surface area contributed by atoms with Gasteiger partial charge in [-0.25, -0.2) is 4.98 Å². The maximum absolute atomic E-state index is 10.5. The molecule has 0 saturated carbocycles. The van der Waals surface area contributed by atoms with Crippen molar-refractivity contribution in [2.45, 2.75) is 0 Å². The molecule has 17 heavy (non-hydrogen) atoms. The number of rotatable bonds is 2. The van der Waals surface area contributed by atoms with Gasteiger partial charge in [-0.05, 0) is 12.1 Å². The summed E-state index contributed by atoms with van der Waals surface area (Å²) in [6.45, 7) is 0. The van der Waals surface area contributed by atoms with Gasteiger partial charge >= 0.3 is 0 Å². The topological polar surface area (TPSA) is 93.5 Å². The van der Waals surface area contributed by atoms with Crippen molar-refractivity contribution < 1.29 is 10.1 Å². The largest absolute Gasteiger partial charge is 0.409 e. The van der Waals surface area contributed by atoms with Crippen molar-refractivity contribution in [3.8, 4) is 0 Å². The van der Waals surface area contributed by atoms with E-state index >= 15 is 0 Å². The van der Waals surface area contributed by atoms with E-state index in [1.165, 1.54) is 41.4 Å². The van der Waals surface area contributed by atoms with Crippen molar-refractivity contribution in [2.75, 3.05) is 0 Å². The monoisotopic (exact) mass is 232 g/mol. The summed E-state index contributed by atoms with van der Waals surface area (Å²) in [6.07, 6.45) is 4.61. The van der Waals surface area contributed by atoms with Crippen LogP contribution < -0.4 is 0 Å². The molecule has 0 amide bonds. The van der Waals surface area contributed by atoms with Gasteiger partial charge < -0.3 is 5.21 Å². The van der Waals surface area contributed by atoms with Gasteiger partial charge in [-0.2, -0.15) is 0 Å². The van der Waals surface area contributed by atoms with Crippen LogP contribution in [-0.4, -0.2) is 25.5 Å². The molecule has 7 nitrogen and oxygen atoms in total. The average molecular weight is 232 g/mol. The quantitative estimate of drug-likeness (QED) is 0.279. The SMILES string of the molecule is O=[N+]([O-])c1ccc(C(=NO)n2ccnc2)cc1. The maximum atomic E-state index is 10.5. The lowest BCUT2D eigenvalue weighted by Crippen LogP contribution is -2.11. The van der Waals surface area contributed by atoms with Crippen LogP contribution in [0.4, 0.5) is 5.69 Å². The summed E-state index contributed by atoms with van der Waals surface area (Å²) in [5.41, 5.74) is 0.535. The highest BCUT2D eigenvalue weighted by Gasteiger charge is 2.09. The Morgan fingerprint density at radius 3 is 2.59 bits per heavy atom. The second-order valence-electron chi connectivity index (χ2n) is 3.20. The number of oxime groups is 1. The normalized spacial score (nSPS) is 11.4. The number of imidazole rings is 1. The third-order valence-corrected chi connectivity index (χ3v) is 2.18. The standard InChI is InChI=1S/C10H8N4O3/c15-12-10(13-6-5-11-7-13)8-1-3-9(4-2-8)14(16)17/h1-7,15H. The number of hydrogen-bond acceptors (Lipinski definition) is 5. The molecule has 0 unspecified atom stereocenters.